The fraction of sp³-hybridized carbons (Fsp3) is 0.909. The molecule has 1 atom stereocenters. The molecule has 0 N–H and O–H groups in total. The number of hydrogen-bond acceptors (Lipinski definition) is 2. The summed E-state index contributed by atoms with van der Waals surface area (Å²) in [6, 6.07) is 0. The van der Waals surface area contributed by atoms with Gasteiger partial charge in [0.25, 0.3) is 0 Å². The van der Waals surface area contributed by atoms with Crippen molar-refractivity contribution in [3.05, 3.63) is 0 Å². The Kier molecular flexibility index (Phi) is 9.88. The Morgan fingerprint density at radius 2 is 2.07 bits per heavy atom. The highest BCUT2D eigenvalue weighted by molar-refractivity contribution is 14.1. The number of rotatable bonds is 8. The molecule has 2 nitrogen and oxygen atoms in total. The molecule has 3 heteroatoms. The third kappa shape index (κ3) is 8.78. The standard InChI is InChI=1S/C11H21IO2/c1-3-14-11(13)8-6-4-5-7-10(2)9-12/h10H,3-9H2,1-2H3. The molecule has 0 aliphatic heterocycles. The van der Waals surface area contributed by atoms with Crippen molar-refractivity contribution in [2.24, 2.45) is 5.92 Å². The predicted octanol–water partition coefficient (Wildman–Crippen LogP) is 3.57. The number of carbonyl (C=O) groups is 1. The zero-order chi connectivity index (χ0) is 10.8. The summed E-state index contributed by atoms with van der Waals surface area (Å²) >= 11 is 2.42. The van der Waals surface area contributed by atoms with E-state index in [0.717, 1.165) is 18.8 Å². The minimum Gasteiger partial charge on any atom is -0.466 e. The number of esters is 1. The third-order valence-electron chi connectivity index (χ3n) is 2.15. The molecular weight excluding hydrogens is 291 g/mol. The summed E-state index contributed by atoms with van der Waals surface area (Å²) in [4.78, 5) is 11.0. The van der Waals surface area contributed by atoms with E-state index in [0.29, 0.717) is 13.0 Å². The van der Waals surface area contributed by atoms with Crippen LogP contribution >= 0.6 is 22.6 Å². The minimum atomic E-state index is -0.0468. The Labute approximate surface area is 101 Å². The number of carbonyl (C=O) groups excluding carboxylic acids is 1. The number of halogens is 1. The lowest BCUT2D eigenvalue weighted by Gasteiger charge is -2.06. The quantitative estimate of drug-likeness (QED) is 0.296. The van der Waals surface area contributed by atoms with Gasteiger partial charge in [0, 0.05) is 10.8 Å². The molecule has 0 bridgehead atoms. The number of ether oxygens (including phenoxy) is 1. The van der Waals surface area contributed by atoms with Gasteiger partial charge in [-0.05, 0) is 25.7 Å². The average Bonchev–Trinajstić information content (AvgIpc) is 2.17. The molecule has 0 aromatic carbocycles. The number of hydrogen-bond donors (Lipinski definition) is 0. The molecule has 0 saturated carbocycles. The van der Waals surface area contributed by atoms with E-state index in [4.69, 9.17) is 4.74 Å². The highest BCUT2D eigenvalue weighted by atomic mass is 127. The van der Waals surface area contributed by atoms with Gasteiger partial charge in [0.05, 0.1) is 6.61 Å². The molecule has 1 unspecified atom stereocenters. The smallest absolute Gasteiger partial charge is 0.305 e. The van der Waals surface area contributed by atoms with Crippen molar-refractivity contribution in [1.82, 2.24) is 0 Å². The van der Waals surface area contributed by atoms with Crippen LogP contribution in [0.25, 0.3) is 0 Å². The van der Waals surface area contributed by atoms with Gasteiger partial charge >= 0.3 is 5.97 Å². The fourth-order valence-corrected chi connectivity index (χ4v) is 1.69. The van der Waals surface area contributed by atoms with Gasteiger partial charge in [0.2, 0.25) is 0 Å². The molecule has 84 valence electrons. The van der Waals surface area contributed by atoms with Gasteiger partial charge in [0.15, 0.2) is 0 Å². The van der Waals surface area contributed by atoms with Crippen LogP contribution in [-0.2, 0) is 9.53 Å². The van der Waals surface area contributed by atoms with Gasteiger partial charge in [0.1, 0.15) is 0 Å². The summed E-state index contributed by atoms with van der Waals surface area (Å²) in [6.45, 7) is 4.63. The first-order chi connectivity index (χ1) is 6.70. The Bertz CT molecular complexity index is 148. The van der Waals surface area contributed by atoms with Crippen molar-refractivity contribution in [3.63, 3.8) is 0 Å². The molecule has 0 aliphatic carbocycles. The van der Waals surface area contributed by atoms with E-state index in [9.17, 15) is 4.79 Å². The van der Waals surface area contributed by atoms with Crippen LogP contribution in [0.4, 0.5) is 0 Å². The van der Waals surface area contributed by atoms with Gasteiger partial charge in [-0.1, -0.05) is 42.4 Å². The van der Waals surface area contributed by atoms with Crippen molar-refractivity contribution in [1.29, 1.82) is 0 Å². The maximum Gasteiger partial charge on any atom is 0.305 e. The molecule has 0 aromatic rings. The van der Waals surface area contributed by atoms with Crippen LogP contribution in [0.5, 0.6) is 0 Å². The van der Waals surface area contributed by atoms with E-state index in [1.807, 2.05) is 6.92 Å². The molecule has 0 spiro atoms. The number of unbranched alkanes of at least 4 members (excludes halogenated alkanes) is 2. The Morgan fingerprint density at radius 3 is 2.64 bits per heavy atom. The highest BCUT2D eigenvalue weighted by Gasteiger charge is 2.02. The Balaban J connectivity index is 3.17. The summed E-state index contributed by atoms with van der Waals surface area (Å²) in [5.41, 5.74) is 0. The Morgan fingerprint density at radius 1 is 1.36 bits per heavy atom. The molecule has 14 heavy (non-hydrogen) atoms. The first kappa shape index (κ1) is 14.2. The lowest BCUT2D eigenvalue weighted by molar-refractivity contribution is -0.143. The summed E-state index contributed by atoms with van der Waals surface area (Å²) in [7, 11) is 0. The Hall–Kier alpha value is 0.200. The van der Waals surface area contributed by atoms with E-state index >= 15 is 0 Å². The zero-order valence-corrected chi connectivity index (χ0v) is 11.4. The van der Waals surface area contributed by atoms with E-state index in [2.05, 4.69) is 29.5 Å². The van der Waals surface area contributed by atoms with Gasteiger partial charge in [-0.2, -0.15) is 0 Å². The summed E-state index contributed by atoms with van der Waals surface area (Å²) in [6.07, 6.45) is 5.24. The van der Waals surface area contributed by atoms with E-state index in [1.54, 1.807) is 0 Å². The molecule has 0 fully saturated rings. The lowest BCUT2D eigenvalue weighted by atomic mass is 10.0. The predicted molar refractivity (Wildman–Crippen MR) is 67.8 cm³/mol. The maximum absolute atomic E-state index is 11.0. The van der Waals surface area contributed by atoms with Crippen LogP contribution < -0.4 is 0 Å². The molecule has 0 amide bonds. The maximum atomic E-state index is 11.0. The first-order valence-electron chi connectivity index (χ1n) is 5.42. The van der Waals surface area contributed by atoms with Crippen LogP contribution in [0.2, 0.25) is 0 Å². The molecule has 0 aromatic heterocycles. The largest absolute Gasteiger partial charge is 0.466 e. The second kappa shape index (κ2) is 9.74. The van der Waals surface area contributed by atoms with Crippen molar-refractivity contribution < 1.29 is 9.53 Å². The van der Waals surface area contributed by atoms with E-state index in [-0.39, 0.29) is 5.97 Å². The van der Waals surface area contributed by atoms with Crippen LogP contribution in [0.15, 0.2) is 0 Å². The SMILES string of the molecule is CCOC(=O)CCCCCC(C)CI. The molecule has 0 heterocycles. The van der Waals surface area contributed by atoms with Gasteiger partial charge in [-0.25, -0.2) is 0 Å². The lowest BCUT2D eigenvalue weighted by Crippen LogP contribution is -2.03. The molecule has 0 radical (unpaired) electrons. The van der Waals surface area contributed by atoms with Crippen molar-refractivity contribution >= 4 is 28.6 Å². The normalized spacial score (nSPS) is 12.5. The summed E-state index contributed by atoms with van der Waals surface area (Å²) in [5.74, 6) is 0.771. The molecular formula is C11H21IO2. The third-order valence-corrected chi connectivity index (χ3v) is 3.65. The van der Waals surface area contributed by atoms with Crippen molar-refractivity contribution in [2.75, 3.05) is 11.0 Å². The monoisotopic (exact) mass is 312 g/mol. The van der Waals surface area contributed by atoms with Crippen LogP contribution in [0.3, 0.4) is 0 Å². The zero-order valence-electron chi connectivity index (χ0n) is 9.22. The second-order valence-corrected chi connectivity index (χ2v) is 4.54. The van der Waals surface area contributed by atoms with Crippen LogP contribution in [0.1, 0.15) is 46.0 Å². The van der Waals surface area contributed by atoms with Gasteiger partial charge in [-0.3, -0.25) is 4.79 Å². The topological polar surface area (TPSA) is 26.3 Å². The average molecular weight is 312 g/mol. The van der Waals surface area contributed by atoms with E-state index < -0.39 is 0 Å². The van der Waals surface area contributed by atoms with Gasteiger partial charge < -0.3 is 4.74 Å². The summed E-state index contributed by atoms with van der Waals surface area (Å²) in [5, 5.41) is 0. The van der Waals surface area contributed by atoms with Crippen LogP contribution in [0, 0.1) is 5.92 Å². The van der Waals surface area contributed by atoms with Gasteiger partial charge in [-0.15, -0.1) is 0 Å². The minimum absolute atomic E-state index is 0.0468. The van der Waals surface area contributed by atoms with Crippen molar-refractivity contribution in [2.45, 2.75) is 46.0 Å². The van der Waals surface area contributed by atoms with E-state index in [1.165, 1.54) is 17.3 Å². The highest BCUT2D eigenvalue weighted by Crippen LogP contribution is 2.12. The van der Waals surface area contributed by atoms with Crippen molar-refractivity contribution in [3.8, 4) is 0 Å². The first-order valence-corrected chi connectivity index (χ1v) is 6.94. The summed E-state index contributed by atoms with van der Waals surface area (Å²) < 4.78 is 6.08. The van der Waals surface area contributed by atoms with Crippen LogP contribution in [-0.4, -0.2) is 17.0 Å². The molecule has 0 saturated heterocycles. The number of alkyl halides is 1. The second-order valence-electron chi connectivity index (χ2n) is 3.66. The molecule has 0 aliphatic rings. The fourth-order valence-electron chi connectivity index (χ4n) is 1.25. The molecule has 0 rings (SSSR count).